The Kier molecular flexibility index (Phi) is 3.22. The zero-order chi connectivity index (χ0) is 13.1. The molecule has 7 nitrogen and oxygen atoms in total. The van der Waals surface area contributed by atoms with Crippen molar-refractivity contribution in [1.82, 2.24) is 19.7 Å². The summed E-state index contributed by atoms with van der Waals surface area (Å²) in [4.78, 5) is 19.1. The second-order valence-electron chi connectivity index (χ2n) is 3.82. The van der Waals surface area contributed by atoms with Crippen LogP contribution in [0.2, 0.25) is 0 Å². The number of hydrogen-bond donors (Lipinski definition) is 2. The molecule has 0 aliphatic heterocycles. The lowest BCUT2D eigenvalue weighted by atomic mass is 10.1. The summed E-state index contributed by atoms with van der Waals surface area (Å²) in [7, 11) is 0. The molecule has 0 radical (unpaired) electrons. The normalized spacial score (nSPS) is 10.5. The van der Waals surface area contributed by atoms with Crippen LogP contribution in [0.5, 0.6) is 0 Å². The highest BCUT2D eigenvalue weighted by Crippen LogP contribution is 2.17. The van der Waals surface area contributed by atoms with Gasteiger partial charge in [-0.3, -0.25) is 4.79 Å². The second kappa shape index (κ2) is 4.82. The fraction of sp³-hybridized carbons (Fsp3) is 0.273. The SMILES string of the molecule is CCCc1c(N)ncnc1-n1ccc(C(N)=O)n1. The zero-order valence-electron chi connectivity index (χ0n) is 10.00. The molecule has 2 rings (SSSR count). The lowest BCUT2D eigenvalue weighted by Gasteiger charge is -2.09. The third-order valence-corrected chi connectivity index (χ3v) is 2.51. The predicted molar refractivity (Wildman–Crippen MR) is 66.1 cm³/mol. The average Bonchev–Trinajstić information content (AvgIpc) is 2.81. The molecule has 94 valence electrons. The van der Waals surface area contributed by atoms with Crippen LogP contribution in [0.1, 0.15) is 29.4 Å². The number of aromatic nitrogens is 4. The van der Waals surface area contributed by atoms with Gasteiger partial charge in [-0.15, -0.1) is 0 Å². The van der Waals surface area contributed by atoms with Gasteiger partial charge in [0.25, 0.3) is 5.91 Å². The first-order valence-electron chi connectivity index (χ1n) is 5.58. The van der Waals surface area contributed by atoms with Gasteiger partial charge in [-0.1, -0.05) is 13.3 Å². The molecular formula is C11H14N6O. The number of anilines is 1. The Labute approximate surface area is 104 Å². The zero-order valence-corrected chi connectivity index (χ0v) is 10.00. The molecule has 0 saturated carbocycles. The minimum Gasteiger partial charge on any atom is -0.383 e. The van der Waals surface area contributed by atoms with Crippen molar-refractivity contribution in [1.29, 1.82) is 0 Å². The molecule has 4 N–H and O–H groups in total. The van der Waals surface area contributed by atoms with Gasteiger partial charge in [0.2, 0.25) is 0 Å². The molecule has 0 unspecified atom stereocenters. The maximum absolute atomic E-state index is 11.0. The maximum atomic E-state index is 11.0. The van der Waals surface area contributed by atoms with Crippen molar-refractivity contribution in [2.75, 3.05) is 5.73 Å². The summed E-state index contributed by atoms with van der Waals surface area (Å²) in [6, 6.07) is 1.54. The third kappa shape index (κ3) is 2.15. The summed E-state index contributed by atoms with van der Waals surface area (Å²) in [5, 5.41) is 4.06. The van der Waals surface area contributed by atoms with E-state index in [0.717, 1.165) is 18.4 Å². The first-order valence-corrected chi connectivity index (χ1v) is 5.58. The first kappa shape index (κ1) is 12.0. The summed E-state index contributed by atoms with van der Waals surface area (Å²) < 4.78 is 1.49. The number of carbonyl (C=O) groups is 1. The summed E-state index contributed by atoms with van der Waals surface area (Å²) in [5.74, 6) is 0.433. The lowest BCUT2D eigenvalue weighted by molar-refractivity contribution is 0.0995. The van der Waals surface area contributed by atoms with E-state index in [1.807, 2.05) is 6.92 Å². The minimum atomic E-state index is -0.576. The van der Waals surface area contributed by atoms with Crippen molar-refractivity contribution in [3.8, 4) is 5.82 Å². The number of rotatable bonds is 4. The Bertz CT molecular complexity index is 577. The van der Waals surface area contributed by atoms with Crippen molar-refractivity contribution in [2.45, 2.75) is 19.8 Å². The van der Waals surface area contributed by atoms with Gasteiger partial charge in [-0.25, -0.2) is 14.6 Å². The average molecular weight is 246 g/mol. The summed E-state index contributed by atoms with van der Waals surface area (Å²) >= 11 is 0. The molecule has 0 aliphatic rings. The van der Waals surface area contributed by atoms with Gasteiger partial charge in [0.05, 0.1) is 0 Å². The minimum absolute atomic E-state index is 0.189. The summed E-state index contributed by atoms with van der Waals surface area (Å²) in [6.45, 7) is 2.04. The van der Waals surface area contributed by atoms with Gasteiger partial charge in [-0.2, -0.15) is 5.10 Å². The van der Waals surface area contributed by atoms with Crippen LogP contribution in [0.15, 0.2) is 18.6 Å². The van der Waals surface area contributed by atoms with Crippen LogP contribution in [-0.2, 0) is 6.42 Å². The van der Waals surface area contributed by atoms with Crippen LogP contribution in [0.4, 0.5) is 5.82 Å². The topological polar surface area (TPSA) is 113 Å². The van der Waals surface area contributed by atoms with Crippen LogP contribution in [0.3, 0.4) is 0 Å². The fourth-order valence-corrected chi connectivity index (χ4v) is 1.68. The molecule has 2 heterocycles. The number of amides is 1. The van der Waals surface area contributed by atoms with Gasteiger partial charge in [-0.05, 0) is 12.5 Å². The Morgan fingerprint density at radius 1 is 1.44 bits per heavy atom. The van der Waals surface area contributed by atoms with Crippen molar-refractivity contribution < 1.29 is 4.79 Å². The Balaban J connectivity index is 2.49. The molecule has 0 atom stereocenters. The molecule has 0 bridgehead atoms. The van der Waals surface area contributed by atoms with E-state index in [-0.39, 0.29) is 5.69 Å². The van der Waals surface area contributed by atoms with Gasteiger partial charge in [0.1, 0.15) is 17.8 Å². The molecular weight excluding hydrogens is 232 g/mol. The van der Waals surface area contributed by atoms with Crippen molar-refractivity contribution >= 4 is 11.7 Å². The lowest BCUT2D eigenvalue weighted by Crippen LogP contribution is -2.13. The Morgan fingerprint density at radius 3 is 2.83 bits per heavy atom. The van der Waals surface area contributed by atoms with E-state index in [1.165, 1.54) is 17.1 Å². The summed E-state index contributed by atoms with van der Waals surface area (Å²) in [5.41, 5.74) is 12.0. The first-order chi connectivity index (χ1) is 8.63. The van der Waals surface area contributed by atoms with E-state index >= 15 is 0 Å². The molecule has 2 aromatic rings. The standard InChI is InChI=1S/C11H14N6O/c1-2-3-7-9(12)14-6-15-11(7)17-5-4-8(16-17)10(13)18/h4-6H,2-3H2,1H3,(H2,13,18)(H2,12,14,15). The number of nitrogen functional groups attached to an aromatic ring is 1. The molecule has 1 amide bonds. The third-order valence-electron chi connectivity index (χ3n) is 2.51. The molecule has 0 aromatic carbocycles. The largest absolute Gasteiger partial charge is 0.383 e. The monoisotopic (exact) mass is 246 g/mol. The summed E-state index contributed by atoms with van der Waals surface area (Å²) in [6.07, 6.45) is 4.65. The molecule has 0 fully saturated rings. The predicted octanol–water partition coefficient (Wildman–Crippen LogP) is 0.296. The van der Waals surface area contributed by atoms with Crippen LogP contribution in [0.25, 0.3) is 5.82 Å². The van der Waals surface area contributed by atoms with Crippen molar-refractivity contribution in [3.63, 3.8) is 0 Å². The smallest absolute Gasteiger partial charge is 0.269 e. The van der Waals surface area contributed by atoms with Crippen LogP contribution >= 0.6 is 0 Å². The molecule has 0 aliphatic carbocycles. The molecule has 2 aromatic heterocycles. The van der Waals surface area contributed by atoms with Gasteiger partial charge in [0, 0.05) is 11.8 Å². The van der Waals surface area contributed by atoms with Crippen LogP contribution < -0.4 is 11.5 Å². The second-order valence-corrected chi connectivity index (χ2v) is 3.82. The van der Waals surface area contributed by atoms with E-state index in [1.54, 1.807) is 6.20 Å². The van der Waals surface area contributed by atoms with Crippen molar-refractivity contribution in [3.05, 3.63) is 29.8 Å². The maximum Gasteiger partial charge on any atom is 0.269 e. The van der Waals surface area contributed by atoms with Gasteiger partial charge >= 0.3 is 0 Å². The van der Waals surface area contributed by atoms with Crippen molar-refractivity contribution in [2.24, 2.45) is 5.73 Å². The van der Waals surface area contributed by atoms with E-state index in [2.05, 4.69) is 15.1 Å². The number of nitrogens with two attached hydrogens (primary N) is 2. The number of primary amides is 1. The van der Waals surface area contributed by atoms with Crippen LogP contribution in [0, 0.1) is 0 Å². The molecule has 18 heavy (non-hydrogen) atoms. The van der Waals surface area contributed by atoms with Crippen LogP contribution in [-0.4, -0.2) is 25.7 Å². The molecule has 7 heteroatoms. The molecule has 0 saturated heterocycles. The quantitative estimate of drug-likeness (QED) is 0.805. The Hall–Kier alpha value is -2.44. The van der Waals surface area contributed by atoms with E-state index < -0.39 is 5.91 Å². The van der Waals surface area contributed by atoms with E-state index in [9.17, 15) is 4.79 Å². The number of hydrogen-bond acceptors (Lipinski definition) is 5. The van der Waals surface area contributed by atoms with E-state index in [4.69, 9.17) is 11.5 Å². The fourth-order valence-electron chi connectivity index (χ4n) is 1.68. The number of carbonyl (C=O) groups excluding carboxylic acids is 1. The Morgan fingerprint density at radius 2 is 2.22 bits per heavy atom. The highest BCUT2D eigenvalue weighted by molar-refractivity contribution is 5.90. The molecule has 0 spiro atoms. The number of nitrogens with zero attached hydrogens (tertiary/aromatic N) is 4. The van der Waals surface area contributed by atoms with Gasteiger partial charge in [0.15, 0.2) is 5.82 Å². The highest BCUT2D eigenvalue weighted by atomic mass is 16.1. The van der Waals surface area contributed by atoms with Gasteiger partial charge < -0.3 is 11.5 Å². The highest BCUT2D eigenvalue weighted by Gasteiger charge is 2.13. The van der Waals surface area contributed by atoms with E-state index in [0.29, 0.717) is 11.6 Å².